The second kappa shape index (κ2) is 5.49. The van der Waals surface area contributed by atoms with Crippen LogP contribution in [0.3, 0.4) is 0 Å². The lowest BCUT2D eigenvalue weighted by Crippen LogP contribution is -2.16. The van der Waals surface area contributed by atoms with Gasteiger partial charge in [0.25, 0.3) is 0 Å². The highest BCUT2D eigenvalue weighted by molar-refractivity contribution is 7.16. The molecule has 0 saturated carbocycles. The first-order valence-electron chi connectivity index (χ1n) is 5.33. The van der Waals surface area contributed by atoms with Crippen molar-refractivity contribution < 1.29 is 0 Å². The third kappa shape index (κ3) is 3.19. The fourth-order valence-electron chi connectivity index (χ4n) is 1.50. The van der Waals surface area contributed by atoms with Gasteiger partial charge in [-0.25, -0.2) is 4.68 Å². The summed E-state index contributed by atoms with van der Waals surface area (Å²) in [7, 11) is 0. The summed E-state index contributed by atoms with van der Waals surface area (Å²) in [5.41, 5.74) is 1.14. The highest BCUT2D eigenvalue weighted by Crippen LogP contribution is 2.26. The van der Waals surface area contributed by atoms with Gasteiger partial charge in [0.15, 0.2) is 0 Å². The Morgan fingerprint density at radius 2 is 2.47 bits per heavy atom. The van der Waals surface area contributed by atoms with E-state index in [-0.39, 0.29) is 0 Å². The SMILES string of the molecule is C=Cn1cc(CNC(C)c2ccc(Cl)s2)cn1. The highest BCUT2D eigenvalue weighted by Gasteiger charge is 2.07. The van der Waals surface area contributed by atoms with Crippen molar-refractivity contribution in [1.82, 2.24) is 15.1 Å². The summed E-state index contributed by atoms with van der Waals surface area (Å²) in [6.45, 7) is 6.56. The van der Waals surface area contributed by atoms with Gasteiger partial charge in [-0.3, -0.25) is 0 Å². The Hall–Kier alpha value is -1.10. The zero-order valence-corrected chi connectivity index (χ0v) is 11.1. The van der Waals surface area contributed by atoms with E-state index in [9.17, 15) is 0 Å². The molecule has 3 nitrogen and oxygen atoms in total. The predicted octanol–water partition coefficient (Wildman–Crippen LogP) is 3.55. The van der Waals surface area contributed by atoms with Crippen LogP contribution >= 0.6 is 22.9 Å². The number of hydrogen-bond donors (Lipinski definition) is 1. The van der Waals surface area contributed by atoms with E-state index >= 15 is 0 Å². The Bertz CT molecular complexity index is 503. The fourth-order valence-corrected chi connectivity index (χ4v) is 2.59. The summed E-state index contributed by atoms with van der Waals surface area (Å²) in [6, 6.07) is 4.27. The first-order valence-corrected chi connectivity index (χ1v) is 6.52. The summed E-state index contributed by atoms with van der Waals surface area (Å²) in [5, 5.41) is 7.56. The van der Waals surface area contributed by atoms with Crippen molar-refractivity contribution in [3.63, 3.8) is 0 Å². The van der Waals surface area contributed by atoms with Crippen molar-refractivity contribution in [2.75, 3.05) is 0 Å². The van der Waals surface area contributed by atoms with Crippen LogP contribution in [0.5, 0.6) is 0 Å². The van der Waals surface area contributed by atoms with Crippen molar-refractivity contribution >= 4 is 29.1 Å². The fraction of sp³-hybridized carbons (Fsp3) is 0.250. The minimum atomic E-state index is 0.291. The third-order valence-electron chi connectivity index (χ3n) is 2.48. The molecule has 5 heteroatoms. The molecule has 1 atom stereocenters. The van der Waals surface area contributed by atoms with Crippen molar-refractivity contribution in [3.8, 4) is 0 Å². The first kappa shape index (κ1) is 12.4. The lowest BCUT2D eigenvalue weighted by Gasteiger charge is -2.10. The Labute approximate surface area is 110 Å². The molecule has 1 N–H and O–H groups in total. The van der Waals surface area contributed by atoms with Gasteiger partial charge in [0.1, 0.15) is 0 Å². The van der Waals surface area contributed by atoms with E-state index in [1.165, 1.54) is 4.88 Å². The molecule has 1 unspecified atom stereocenters. The minimum Gasteiger partial charge on any atom is -0.305 e. The number of nitrogens with zero attached hydrogens (tertiary/aromatic N) is 2. The molecular weight excluding hydrogens is 254 g/mol. The molecule has 90 valence electrons. The summed E-state index contributed by atoms with van der Waals surface area (Å²) in [4.78, 5) is 1.24. The third-order valence-corrected chi connectivity index (χ3v) is 3.89. The van der Waals surface area contributed by atoms with E-state index in [4.69, 9.17) is 11.6 Å². The van der Waals surface area contributed by atoms with Gasteiger partial charge >= 0.3 is 0 Å². The van der Waals surface area contributed by atoms with Crippen LogP contribution in [-0.4, -0.2) is 9.78 Å². The van der Waals surface area contributed by atoms with Crippen LogP contribution in [0.1, 0.15) is 23.4 Å². The van der Waals surface area contributed by atoms with E-state index in [0.717, 1.165) is 16.4 Å². The Kier molecular flexibility index (Phi) is 3.99. The summed E-state index contributed by atoms with van der Waals surface area (Å²) in [5.74, 6) is 0. The van der Waals surface area contributed by atoms with Gasteiger partial charge in [-0.2, -0.15) is 5.10 Å². The Morgan fingerprint density at radius 1 is 1.65 bits per heavy atom. The molecule has 2 heterocycles. The highest BCUT2D eigenvalue weighted by atomic mass is 35.5. The lowest BCUT2D eigenvalue weighted by atomic mass is 10.2. The molecule has 0 saturated heterocycles. The average Bonchev–Trinajstić information content (AvgIpc) is 2.94. The van der Waals surface area contributed by atoms with Gasteiger partial charge < -0.3 is 5.32 Å². The van der Waals surface area contributed by atoms with E-state index in [1.54, 1.807) is 22.2 Å². The van der Waals surface area contributed by atoms with E-state index < -0.39 is 0 Å². The topological polar surface area (TPSA) is 29.9 Å². The molecule has 2 aromatic heterocycles. The quantitative estimate of drug-likeness (QED) is 0.898. The van der Waals surface area contributed by atoms with Crippen LogP contribution in [0.25, 0.3) is 6.20 Å². The van der Waals surface area contributed by atoms with Gasteiger partial charge in [0.2, 0.25) is 0 Å². The zero-order chi connectivity index (χ0) is 12.3. The summed E-state index contributed by atoms with van der Waals surface area (Å²) in [6.07, 6.45) is 5.46. The van der Waals surface area contributed by atoms with Gasteiger partial charge in [-0.05, 0) is 19.1 Å². The molecule has 0 aliphatic rings. The van der Waals surface area contributed by atoms with Gasteiger partial charge in [0.05, 0.1) is 10.5 Å². The molecule has 0 aromatic carbocycles. The second-order valence-electron chi connectivity index (χ2n) is 3.76. The number of aromatic nitrogens is 2. The van der Waals surface area contributed by atoms with E-state index in [0.29, 0.717) is 6.04 Å². The molecule has 2 aromatic rings. The second-order valence-corrected chi connectivity index (χ2v) is 5.50. The predicted molar refractivity (Wildman–Crippen MR) is 73.2 cm³/mol. The average molecular weight is 268 g/mol. The molecule has 0 aliphatic carbocycles. The molecule has 0 spiro atoms. The number of rotatable bonds is 5. The van der Waals surface area contributed by atoms with E-state index in [1.807, 2.05) is 18.5 Å². The Balaban J connectivity index is 1.91. The van der Waals surface area contributed by atoms with Crippen LogP contribution in [0.15, 0.2) is 31.1 Å². The first-order chi connectivity index (χ1) is 8.19. The van der Waals surface area contributed by atoms with Gasteiger partial charge in [0, 0.05) is 35.4 Å². The molecule has 17 heavy (non-hydrogen) atoms. The maximum absolute atomic E-state index is 5.91. The smallest absolute Gasteiger partial charge is 0.0931 e. The molecule has 0 amide bonds. The van der Waals surface area contributed by atoms with Crippen LogP contribution in [0, 0.1) is 0 Å². The Morgan fingerprint density at radius 3 is 3.06 bits per heavy atom. The van der Waals surface area contributed by atoms with E-state index in [2.05, 4.69) is 30.0 Å². The zero-order valence-electron chi connectivity index (χ0n) is 9.56. The summed E-state index contributed by atoms with van der Waals surface area (Å²) < 4.78 is 2.53. The molecule has 0 radical (unpaired) electrons. The number of hydrogen-bond acceptors (Lipinski definition) is 3. The van der Waals surface area contributed by atoms with Crippen molar-refractivity contribution in [2.24, 2.45) is 0 Å². The minimum absolute atomic E-state index is 0.291. The summed E-state index contributed by atoms with van der Waals surface area (Å²) >= 11 is 7.52. The number of thiophene rings is 1. The molecule has 0 aliphatic heterocycles. The maximum atomic E-state index is 5.91. The van der Waals surface area contributed by atoms with Crippen LogP contribution < -0.4 is 5.32 Å². The lowest BCUT2D eigenvalue weighted by molar-refractivity contribution is 0.583. The molecular formula is C12H14ClN3S. The van der Waals surface area contributed by atoms with Crippen molar-refractivity contribution in [1.29, 1.82) is 0 Å². The standard InChI is InChI=1S/C12H14ClN3S/c1-3-16-8-10(7-15-16)6-14-9(2)11-4-5-12(13)17-11/h3-5,7-9,14H,1,6H2,2H3. The van der Waals surface area contributed by atoms with Gasteiger partial charge in [-0.15, -0.1) is 11.3 Å². The monoisotopic (exact) mass is 267 g/mol. The normalized spacial score (nSPS) is 12.6. The van der Waals surface area contributed by atoms with Crippen LogP contribution in [-0.2, 0) is 6.54 Å². The largest absolute Gasteiger partial charge is 0.305 e. The number of halogens is 1. The molecule has 2 rings (SSSR count). The van der Waals surface area contributed by atoms with Crippen molar-refractivity contribution in [2.45, 2.75) is 19.5 Å². The van der Waals surface area contributed by atoms with Crippen molar-refractivity contribution in [3.05, 3.63) is 45.9 Å². The van der Waals surface area contributed by atoms with Crippen LogP contribution in [0.2, 0.25) is 4.34 Å². The maximum Gasteiger partial charge on any atom is 0.0931 e. The molecule has 0 fully saturated rings. The molecule has 0 bridgehead atoms. The van der Waals surface area contributed by atoms with Crippen LogP contribution in [0.4, 0.5) is 0 Å². The number of nitrogens with one attached hydrogen (secondary N) is 1. The van der Waals surface area contributed by atoms with Gasteiger partial charge in [-0.1, -0.05) is 18.2 Å².